The molecule has 2 aromatic rings. The van der Waals surface area contributed by atoms with E-state index in [0.29, 0.717) is 0 Å². The van der Waals surface area contributed by atoms with Crippen molar-refractivity contribution in [3.05, 3.63) is 59.7 Å². The van der Waals surface area contributed by atoms with Crippen LogP contribution in [0.15, 0.2) is 48.5 Å². The van der Waals surface area contributed by atoms with Crippen LogP contribution in [0.25, 0.3) is 0 Å². The fraction of sp³-hybridized carbons (Fsp3) is 0.520. The average molecular weight is 397 g/mol. The highest BCUT2D eigenvalue weighted by molar-refractivity contribution is 5.42. The Bertz CT molecular complexity index is 712. The average Bonchev–Trinajstić information content (AvgIpc) is 2.78. The molecule has 1 heterocycles. The first-order chi connectivity index (χ1) is 14.3. The molecule has 0 saturated carbocycles. The zero-order chi connectivity index (χ0) is 20.3. The number of ether oxygens (including phenoxy) is 2. The van der Waals surface area contributed by atoms with Gasteiger partial charge in [0.2, 0.25) is 0 Å². The van der Waals surface area contributed by atoms with E-state index in [1.807, 2.05) is 6.07 Å². The van der Waals surface area contributed by atoms with Gasteiger partial charge in [0.1, 0.15) is 0 Å². The minimum absolute atomic E-state index is 0.802. The Morgan fingerprint density at radius 2 is 1.28 bits per heavy atom. The summed E-state index contributed by atoms with van der Waals surface area (Å²) in [5.74, 6) is 1.63. The number of benzene rings is 2. The zero-order valence-electron chi connectivity index (χ0n) is 18.1. The fourth-order valence-electron chi connectivity index (χ4n) is 4.09. The molecule has 0 N–H and O–H groups in total. The maximum Gasteiger partial charge on any atom is 0.160 e. The van der Waals surface area contributed by atoms with Crippen molar-refractivity contribution in [2.45, 2.75) is 32.1 Å². The molecular formula is C25H36N2O2. The third-order valence-electron chi connectivity index (χ3n) is 5.89. The van der Waals surface area contributed by atoms with Crippen LogP contribution < -0.4 is 9.47 Å². The number of rotatable bonds is 11. The van der Waals surface area contributed by atoms with Crippen LogP contribution in [-0.4, -0.2) is 63.3 Å². The Morgan fingerprint density at radius 1 is 0.655 bits per heavy atom. The number of nitrogens with zero attached hydrogens (tertiary/aromatic N) is 2. The molecule has 0 atom stereocenters. The van der Waals surface area contributed by atoms with Gasteiger partial charge >= 0.3 is 0 Å². The number of hydrogen-bond donors (Lipinski definition) is 0. The Hall–Kier alpha value is -2.04. The van der Waals surface area contributed by atoms with Crippen molar-refractivity contribution in [1.29, 1.82) is 0 Å². The van der Waals surface area contributed by atoms with Crippen LogP contribution in [-0.2, 0) is 12.8 Å². The van der Waals surface area contributed by atoms with Crippen molar-refractivity contribution in [2.75, 3.05) is 53.5 Å². The molecule has 29 heavy (non-hydrogen) atoms. The summed E-state index contributed by atoms with van der Waals surface area (Å²) < 4.78 is 10.7. The molecule has 1 aliphatic heterocycles. The summed E-state index contributed by atoms with van der Waals surface area (Å²) in [6, 6.07) is 17.1. The van der Waals surface area contributed by atoms with E-state index < -0.39 is 0 Å². The van der Waals surface area contributed by atoms with E-state index in [2.05, 4.69) is 52.3 Å². The normalized spacial score (nSPS) is 15.4. The monoisotopic (exact) mass is 396 g/mol. The molecule has 0 radical (unpaired) electrons. The third kappa shape index (κ3) is 7.06. The molecule has 0 amide bonds. The maximum absolute atomic E-state index is 5.41. The summed E-state index contributed by atoms with van der Waals surface area (Å²) in [6.07, 6.45) is 6.06. The number of unbranched alkanes of at least 4 members (excludes halogenated alkanes) is 1. The van der Waals surface area contributed by atoms with E-state index in [4.69, 9.17) is 9.47 Å². The van der Waals surface area contributed by atoms with Gasteiger partial charge in [-0.2, -0.15) is 0 Å². The quantitative estimate of drug-likeness (QED) is 0.530. The van der Waals surface area contributed by atoms with Crippen LogP contribution in [0.4, 0.5) is 0 Å². The van der Waals surface area contributed by atoms with Gasteiger partial charge in [0, 0.05) is 26.2 Å². The molecule has 158 valence electrons. The second-order valence-electron chi connectivity index (χ2n) is 7.92. The van der Waals surface area contributed by atoms with E-state index in [9.17, 15) is 0 Å². The molecule has 4 nitrogen and oxygen atoms in total. The molecule has 1 fully saturated rings. The lowest BCUT2D eigenvalue weighted by molar-refractivity contribution is 0.130. The van der Waals surface area contributed by atoms with Crippen LogP contribution in [0.3, 0.4) is 0 Å². The van der Waals surface area contributed by atoms with Crippen LogP contribution in [0.5, 0.6) is 11.5 Å². The van der Waals surface area contributed by atoms with Crippen LogP contribution >= 0.6 is 0 Å². The van der Waals surface area contributed by atoms with Crippen LogP contribution in [0.1, 0.15) is 30.4 Å². The summed E-state index contributed by atoms with van der Waals surface area (Å²) in [6.45, 7) is 7.24. The number of aryl methyl sites for hydroxylation is 2. The first-order valence-corrected chi connectivity index (χ1v) is 11.0. The molecule has 0 unspecified atom stereocenters. The predicted octanol–water partition coefficient (Wildman–Crippen LogP) is 4.28. The SMILES string of the molecule is COc1ccc(CCCN2CCN(CCCCc3ccccc3)CC2)cc1OC. The van der Waals surface area contributed by atoms with Gasteiger partial charge in [0.15, 0.2) is 11.5 Å². The van der Waals surface area contributed by atoms with Gasteiger partial charge in [-0.25, -0.2) is 0 Å². The first kappa shape index (κ1) is 21.7. The van der Waals surface area contributed by atoms with E-state index >= 15 is 0 Å². The molecule has 0 aliphatic carbocycles. The Morgan fingerprint density at radius 3 is 1.93 bits per heavy atom. The minimum Gasteiger partial charge on any atom is -0.493 e. The van der Waals surface area contributed by atoms with Crippen LogP contribution in [0.2, 0.25) is 0 Å². The smallest absolute Gasteiger partial charge is 0.160 e. The topological polar surface area (TPSA) is 24.9 Å². The van der Waals surface area contributed by atoms with Gasteiger partial charge in [-0.3, -0.25) is 0 Å². The Kier molecular flexibility index (Phi) is 8.84. The molecule has 1 saturated heterocycles. The highest BCUT2D eigenvalue weighted by Crippen LogP contribution is 2.28. The van der Waals surface area contributed by atoms with Crippen LogP contribution in [0, 0.1) is 0 Å². The molecule has 1 aliphatic rings. The standard InChI is InChI=1S/C25H36N2O2/c1-28-24-14-13-23(21-25(24)29-2)12-8-16-27-19-17-26(18-20-27)15-7-6-11-22-9-4-3-5-10-22/h3-5,9-10,13-14,21H,6-8,11-12,15-20H2,1-2H3. The zero-order valence-corrected chi connectivity index (χ0v) is 18.1. The highest BCUT2D eigenvalue weighted by Gasteiger charge is 2.16. The molecular weight excluding hydrogens is 360 g/mol. The second kappa shape index (κ2) is 11.8. The van der Waals surface area contributed by atoms with Crippen molar-refractivity contribution >= 4 is 0 Å². The fourth-order valence-corrected chi connectivity index (χ4v) is 4.09. The van der Waals surface area contributed by atoms with Crippen molar-refractivity contribution in [2.24, 2.45) is 0 Å². The minimum atomic E-state index is 0.802. The Balaban J connectivity index is 1.28. The van der Waals surface area contributed by atoms with Crippen molar-refractivity contribution in [3.63, 3.8) is 0 Å². The lowest BCUT2D eigenvalue weighted by atomic mass is 10.1. The summed E-state index contributed by atoms with van der Waals surface area (Å²) >= 11 is 0. The number of methoxy groups -OCH3 is 2. The summed E-state index contributed by atoms with van der Waals surface area (Å²) in [5.41, 5.74) is 2.78. The van der Waals surface area contributed by atoms with Gasteiger partial charge in [-0.1, -0.05) is 36.4 Å². The summed E-state index contributed by atoms with van der Waals surface area (Å²) in [5, 5.41) is 0. The van der Waals surface area contributed by atoms with Gasteiger partial charge < -0.3 is 19.3 Å². The van der Waals surface area contributed by atoms with Gasteiger partial charge in [-0.05, 0) is 68.5 Å². The van der Waals surface area contributed by atoms with Gasteiger partial charge in [0.05, 0.1) is 14.2 Å². The van der Waals surface area contributed by atoms with Crippen molar-refractivity contribution < 1.29 is 9.47 Å². The summed E-state index contributed by atoms with van der Waals surface area (Å²) in [4.78, 5) is 5.25. The third-order valence-corrected chi connectivity index (χ3v) is 5.89. The molecule has 3 rings (SSSR count). The molecule has 2 aromatic carbocycles. The second-order valence-corrected chi connectivity index (χ2v) is 7.92. The Labute approximate surface area is 176 Å². The maximum atomic E-state index is 5.41. The molecule has 0 aromatic heterocycles. The van der Waals surface area contributed by atoms with Crippen molar-refractivity contribution in [3.8, 4) is 11.5 Å². The largest absolute Gasteiger partial charge is 0.493 e. The van der Waals surface area contributed by atoms with Crippen molar-refractivity contribution in [1.82, 2.24) is 9.80 Å². The molecule has 0 bridgehead atoms. The van der Waals surface area contributed by atoms with E-state index in [-0.39, 0.29) is 0 Å². The highest BCUT2D eigenvalue weighted by atomic mass is 16.5. The van der Waals surface area contributed by atoms with Gasteiger partial charge in [-0.15, -0.1) is 0 Å². The van der Waals surface area contributed by atoms with E-state index in [0.717, 1.165) is 17.9 Å². The molecule has 0 spiro atoms. The first-order valence-electron chi connectivity index (χ1n) is 11.0. The lowest BCUT2D eigenvalue weighted by Gasteiger charge is -2.34. The number of hydrogen-bond acceptors (Lipinski definition) is 4. The van der Waals surface area contributed by atoms with Gasteiger partial charge in [0.25, 0.3) is 0 Å². The molecule has 4 heteroatoms. The number of piperazine rings is 1. The summed E-state index contributed by atoms with van der Waals surface area (Å²) in [7, 11) is 3.38. The van der Waals surface area contributed by atoms with E-state index in [1.165, 1.54) is 76.1 Å². The lowest BCUT2D eigenvalue weighted by Crippen LogP contribution is -2.46. The predicted molar refractivity (Wildman–Crippen MR) is 120 cm³/mol. The van der Waals surface area contributed by atoms with E-state index in [1.54, 1.807) is 14.2 Å².